The van der Waals surface area contributed by atoms with Crippen molar-refractivity contribution in [2.24, 2.45) is 10.9 Å². The van der Waals surface area contributed by atoms with Gasteiger partial charge in [-0.05, 0) is 45.2 Å². The van der Waals surface area contributed by atoms with Gasteiger partial charge in [0, 0.05) is 45.0 Å². The van der Waals surface area contributed by atoms with E-state index >= 15 is 0 Å². The highest BCUT2D eigenvalue weighted by molar-refractivity contribution is 5.80. The SMILES string of the molecule is CCNC(=NCCCN(CC)c1ccccc1)N1CCC(C(=O)OC)CC1. The molecular formula is C21H34N4O2. The predicted molar refractivity (Wildman–Crippen MR) is 111 cm³/mol. The fourth-order valence-electron chi connectivity index (χ4n) is 3.47. The lowest BCUT2D eigenvalue weighted by atomic mass is 9.97. The maximum atomic E-state index is 11.7. The summed E-state index contributed by atoms with van der Waals surface area (Å²) in [4.78, 5) is 21.2. The van der Waals surface area contributed by atoms with Crippen molar-refractivity contribution >= 4 is 17.6 Å². The smallest absolute Gasteiger partial charge is 0.308 e. The molecule has 0 unspecified atom stereocenters. The van der Waals surface area contributed by atoms with Crippen molar-refractivity contribution in [2.45, 2.75) is 33.1 Å². The summed E-state index contributed by atoms with van der Waals surface area (Å²) in [5.74, 6) is 0.902. The van der Waals surface area contributed by atoms with Gasteiger partial charge < -0.3 is 19.9 Å². The standard InChI is InChI=1S/C21H34N4O2/c1-4-22-21(25-16-12-18(13-17-25)20(26)27-3)23-14-9-15-24(5-2)19-10-7-6-8-11-19/h6-8,10-11,18H,4-5,9,12-17H2,1-3H3,(H,22,23). The van der Waals surface area contributed by atoms with E-state index in [4.69, 9.17) is 9.73 Å². The quantitative estimate of drug-likeness (QED) is 0.328. The summed E-state index contributed by atoms with van der Waals surface area (Å²) in [5.41, 5.74) is 1.26. The van der Waals surface area contributed by atoms with Crippen LogP contribution in [0.25, 0.3) is 0 Å². The average molecular weight is 375 g/mol. The van der Waals surface area contributed by atoms with Crippen LogP contribution in [-0.2, 0) is 9.53 Å². The Morgan fingerprint density at radius 2 is 1.96 bits per heavy atom. The molecule has 0 aromatic heterocycles. The highest BCUT2D eigenvalue weighted by Crippen LogP contribution is 2.18. The lowest BCUT2D eigenvalue weighted by molar-refractivity contribution is -0.146. The molecule has 27 heavy (non-hydrogen) atoms. The van der Waals surface area contributed by atoms with Gasteiger partial charge >= 0.3 is 5.97 Å². The summed E-state index contributed by atoms with van der Waals surface area (Å²) in [5, 5.41) is 3.39. The monoisotopic (exact) mass is 374 g/mol. The van der Waals surface area contributed by atoms with E-state index in [0.29, 0.717) is 0 Å². The number of benzene rings is 1. The minimum Gasteiger partial charge on any atom is -0.469 e. The molecule has 1 aromatic rings. The van der Waals surface area contributed by atoms with Crippen LogP contribution in [0.2, 0.25) is 0 Å². The van der Waals surface area contributed by atoms with E-state index in [1.165, 1.54) is 12.8 Å². The van der Waals surface area contributed by atoms with Crippen LogP contribution in [0.15, 0.2) is 35.3 Å². The number of guanidine groups is 1. The molecule has 0 aliphatic carbocycles. The van der Waals surface area contributed by atoms with E-state index in [-0.39, 0.29) is 11.9 Å². The molecule has 1 aliphatic heterocycles. The molecule has 1 aliphatic rings. The molecule has 1 heterocycles. The Labute approximate surface area is 163 Å². The van der Waals surface area contributed by atoms with E-state index in [1.807, 2.05) is 6.07 Å². The van der Waals surface area contributed by atoms with Crippen molar-refractivity contribution in [3.05, 3.63) is 30.3 Å². The van der Waals surface area contributed by atoms with Crippen molar-refractivity contribution in [1.29, 1.82) is 0 Å². The van der Waals surface area contributed by atoms with Gasteiger partial charge in [-0.25, -0.2) is 0 Å². The highest BCUT2D eigenvalue weighted by Gasteiger charge is 2.26. The molecule has 0 saturated carbocycles. The van der Waals surface area contributed by atoms with Gasteiger partial charge in [-0.2, -0.15) is 0 Å². The summed E-state index contributed by atoms with van der Waals surface area (Å²) in [6.45, 7) is 9.59. The second-order valence-electron chi connectivity index (χ2n) is 6.79. The molecule has 1 aromatic carbocycles. The molecule has 0 bridgehead atoms. The fraction of sp³-hybridized carbons (Fsp3) is 0.619. The highest BCUT2D eigenvalue weighted by atomic mass is 16.5. The Morgan fingerprint density at radius 1 is 1.26 bits per heavy atom. The molecule has 1 N–H and O–H groups in total. The maximum absolute atomic E-state index is 11.7. The normalized spacial score (nSPS) is 15.5. The number of hydrogen-bond acceptors (Lipinski definition) is 4. The first-order valence-electron chi connectivity index (χ1n) is 10.1. The van der Waals surface area contributed by atoms with Crippen LogP contribution in [0.5, 0.6) is 0 Å². The van der Waals surface area contributed by atoms with Crippen LogP contribution in [0.1, 0.15) is 33.1 Å². The van der Waals surface area contributed by atoms with E-state index in [9.17, 15) is 4.79 Å². The molecule has 0 atom stereocenters. The fourth-order valence-corrected chi connectivity index (χ4v) is 3.47. The molecular weight excluding hydrogens is 340 g/mol. The molecule has 0 radical (unpaired) electrons. The number of nitrogens with zero attached hydrogens (tertiary/aromatic N) is 3. The summed E-state index contributed by atoms with van der Waals surface area (Å²) in [6.07, 6.45) is 2.67. The van der Waals surface area contributed by atoms with Crippen molar-refractivity contribution in [3.63, 3.8) is 0 Å². The van der Waals surface area contributed by atoms with Gasteiger partial charge in [0.25, 0.3) is 0 Å². The largest absolute Gasteiger partial charge is 0.469 e. The third-order valence-electron chi connectivity index (χ3n) is 5.01. The number of aliphatic imine (C=N–C) groups is 1. The molecule has 2 rings (SSSR count). The molecule has 150 valence electrons. The second kappa shape index (κ2) is 11.5. The number of rotatable bonds is 8. The third kappa shape index (κ3) is 6.45. The summed E-state index contributed by atoms with van der Waals surface area (Å²) in [6, 6.07) is 10.5. The van der Waals surface area contributed by atoms with Gasteiger partial charge in [0.1, 0.15) is 0 Å². The summed E-state index contributed by atoms with van der Waals surface area (Å²) in [7, 11) is 1.47. The van der Waals surface area contributed by atoms with Crippen LogP contribution in [0.3, 0.4) is 0 Å². The molecule has 0 spiro atoms. The lowest BCUT2D eigenvalue weighted by Crippen LogP contribution is -2.46. The Balaban J connectivity index is 1.84. The zero-order chi connectivity index (χ0) is 19.5. The van der Waals surface area contributed by atoms with Crippen LogP contribution < -0.4 is 10.2 Å². The van der Waals surface area contributed by atoms with Crippen LogP contribution in [0.4, 0.5) is 5.69 Å². The van der Waals surface area contributed by atoms with Gasteiger partial charge in [-0.3, -0.25) is 9.79 Å². The Kier molecular flexibility index (Phi) is 8.95. The minimum atomic E-state index is -0.0860. The number of hydrogen-bond donors (Lipinski definition) is 1. The second-order valence-corrected chi connectivity index (χ2v) is 6.79. The van der Waals surface area contributed by atoms with Crippen molar-refractivity contribution in [1.82, 2.24) is 10.2 Å². The first kappa shape index (κ1) is 21.1. The number of carbonyl (C=O) groups excluding carboxylic acids is 1. The summed E-state index contributed by atoms with van der Waals surface area (Å²) < 4.78 is 4.87. The van der Waals surface area contributed by atoms with Crippen LogP contribution in [0, 0.1) is 5.92 Å². The number of nitrogens with one attached hydrogen (secondary N) is 1. The molecule has 1 fully saturated rings. The number of likely N-dealkylation sites (tertiary alicyclic amines) is 1. The molecule has 0 amide bonds. The zero-order valence-corrected chi connectivity index (χ0v) is 17.0. The van der Waals surface area contributed by atoms with E-state index < -0.39 is 0 Å². The molecule has 6 heteroatoms. The minimum absolute atomic E-state index is 0.0260. The van der Waals surface area contributed by atoms with Gasteiger partial charge in [-0.1, -0.05) is 18.2 Å². The van der Waals surface area contributed by atoms with E-state index in [1.54, 1.807) is 0 Å². The number of carbonyl (C=O) groups is 1. The summed E-state index contributed by atoms with van der Waals surface area (Å²) >= 11 is 0. The number of anilines is 1. The Hall–Kier alpha value is -2.24. The first-order valence-corrected chi connectivity index (χ1v) is 10.1. The average Bonchev–Trinajstić information content (AvgIpc) is 2.73. The number of piperidine rings is 1. The third-order valence-corrected chi connectivity index (χ3v) is 5.01. The van der Waals surface area contributed by atoms with Crippen molar-refractivity contribution < 1.29 is 9.53 Å². The first-order chi connectivity index (χ1) is 13.2. The maximum Gasteiger partial charge on any atom is 0.308 e. The van der Waals surface area contributed by atoms with E-state index in [2.05, 4.69) is 53.2 Å². The van der Waals surface area contributed by atoms with Crippen molar-refractivity contribution in [3.8, 4) is 0 Å². The van der Waals surface area contributed by atoms with Crippen LogP contribution >= 0.6 is 0 Å². The van der Waals surface area contributed by atoms with Crippen LogP contribution in [-0.4, -0.2) is 63.2 Å². The molecule has 6 nitrogen and oxygen atoms in total. The molecule has 1 saturated heterocycles. The number of esters is 1. The Morgan fingerprint density at radius 3 is 2.56 bits per heavy atom. The van der Waals surface area contributed by atoms with E-state index in [0.717, 1.165) is 64.5 Å². The van der Waals surface area contributed by atoms with Gasteiger partial charge in [0.15, 0.2) is 5.96 Å². The topological polar surface area (TPSA) is 57.2 Å². The zero-order valence-electron chi connectivity index (χ0n) is 17.0. The number of methoxy groups -OCH3 is 1. The predicted octanol–water partition coefficient (Wildman–Crippen LogP) is 2.75. The van der Waals surface area contributed by atoms with Crippen molar-refractivity contribution in [2.75, 3.05) is 51.3 Å². The van der Waals surface area contributed by atoms with Gasteiger partial charge in [0.05, 0.1) is 13.0 Å². The Bertz CT molecular complexity index is 583. The number of ether oxygens (including phenoxy) is 1. The number of para-hydroxylation sites is 1. The lowest BCUT2D eigenvalue weighted by Gasteiger charge is -2.33. The van der Waals surface area contributed by atoms with Gasteiger partial charge in [-0.15, -0.1) is 0 Å². The van der Waals surface area contributed by atoms with Gasteiger partial charge in [0.2, 0.25) is 0 Å².